The molecule has 21 heavy (non-hydrogen) atoms. The van der Waals surface area contributed by atoms with Gasteiger partial charge in [-0.15, -0.1) is 4.57 Å². The fraction of sp³-hybridized carbons (Fsp3) is 0.0909. The summed E-state index contributed by atoms with van der Waals surface area (Å²) in [5.41, 5.74) is 0.459. The van der Waals surface area contributed by atoms with Crippen molar-refractivity contribution < 1.29 is 30.5 Å². The van der Waals surface area contributed by atoms with Gasteiger partial charge < -0.3 is 12.4 Å². The second-order valence-electron chi connectivity index (χ2n) is 3.98. The Balaban J connectivity index is 0.00000161. The minimum absolute atomic E-state index is 0. The summed E-state index contributed by atoms with van der Waals surface area (Å²) in [5.74, 6) is -2.23. The third-order valence-corrected chi connectivity index (χ3v) is 4.75. The fourth-order valence-electron chi connectivity index (χ4n) is 2.09. The van der Waals surface area contributed by atoms with E-state index in [0.717, 1.165) is 22.3 Å². The van der Waals surface area contributed by atoms with Crippen molar-refractivity contribution in [1.82, 2.24) is 0 Å². The molecule has 0 atom stereocenters. The van der Waals surface area contributed by atoms with Crippen molar-refractivity contribution in [3.8, 4) is 5.69 Å². The van der Waals surface area contributed by atoms with Crippen LogP contribution in [0.2, 0.25) is 8.80 Å². The standard InChI is InChI=1S/C11H4Cl3F2N2OS.ClH/c12-9-6-3-17(10(13)19)8-5(18(6)11(14)20-9)2-1-4(15)7(8)16;/h1-2H,3H2;1H/q+1;/p-1. The number of thiazole rings is 1. The first-order valence-corrected chi connectivity index (χ1v) is 7.21. The number of nitrogens with zero attached hydrogens (tertiary/aromatic N) is 2. The topological polar surface area (TPSA) is 24.2 Å². The minimum atomic E-state index is -1.16. The van der Waals surface area contributed by atoms with Crippen LogP contribution in [-0.4, -0.2) is 5.37 Å². The number of aromatic nitrogens is 1. The highest BCUT2D eigenvalue weighted by molar-refractivity contribution is 7.19. The second kappa shape index (κ2) is 5.85. The zero-order chi connectivity index (χ0) is 14.6. The number of rotatable bonds is 0. The zero-order valence-corrected chi connectivity index (χ0v) is 13.7. The maximum atomic E-state index is 14.0. The molecule has 2 heterocycles. The second-order valence-corrected chi connectivity index (χ2v) is 6.49. The van der Waals surface area contributed by atoms with Crippen molar-refractivity contribution in [2.45, 2.75) is 6.54 Å². The summed E-state index contributed by atoms with van der Waals surface area (Å²) in [6.45, 7) is -0.0856. The van der Waals surface area contributed by atoms with E-state index in [1.807, 2.05) is 0 Å². The summed E-state index contributed by atoms with van der Waals surface area (Å²) in [6, 6.07) is 2.27. The van der Waals surface area contributed by atoms with Crippen LogP contribution in [0, 0.1) is 11.6 Å². The van der Waals surface area contributed by atoms with E-state index in [2.05, 4.69) is 0 Å². The SMILES string of the molecule is O=C(Cl)N1Cc2c(Cl)sc(Cl)[n+]2-c2ccc(F)c(F)c21.[Cl-]. The molecule has 0 fully saturated rings. The van der Waals surface area contributed by atoms with Crippen LogP contribution in [0.15, 0.2) is 12.1 Å². The van der Waals surface area contributed by atoms with Gasteiger partial charge in [-0.25, -0.2) is 8.78 Å². The highest BCUT2D eigenvalue weighted by atomic mass is 35.5. The van der Waals surface area contributed by atoms with Crippen molar-refractivity contribution in [3.05, 3.63) is 38.3 Å². The normalized spacial score (nSPS) is 12.5. The van der Waals surface area contributed by atoms with Gasteiger partial charge in [-0.2, -0.15) is 0 Å². The number of benzene rings is 1. The molecule has 0 radical (unpaired) electrons. The fourth-order valence-corrected chi connectivity index (χ4v) is 3.86. The quantitative estimate of drug-likeness (QED) is 0.377. The Kier molecular flexibility index (Phi) is 4.66. The molecule has 0 spiro atoms. The van der Waals surface area contributed by atoms with Gasteiger partial charge in [-0.05, 0) is 29.0 Å². The van der Waals surface area contributed by atoms with E-state index in [9.17, 15) is 13.6 Å². The smallest absolute Gasteiger partial charge is 0.340 e. The number of carbonyl (C=O) groups excluding carboxylic acids is 1. The molecular formula is C11H4Cl4F2N2OS. The van der Waals surface area contributed by atoms with Gasteiger partial charge in [0.25, 0.3) is 0 Å². The van der Waals surface area contributed by atoms with E-state index in [1.165, 1.54) is 10.6 Å². The van der Waals surface area contributed by atoms with Crippen LogP contribution < -0.4 is 21.9 Å². The van der Waals surface area contributed by atoms with E-state index in [1.54, 1.807) is 0 Å². The number of amides is 1. The molecule has 1 amide bonds. The average molecular weight is 392 g/mol. The average Bonchev–Trinajstić information content (AvgIpc) is 2.68. The zero-order valence-electron chi connectivity index (χ0n) is 9.84. The van der Waals surface area contributed by atoms with E-state index < -0.39 is 17.0 Å². The Hall–Kier alpha value is -0.660. The van der Waals surface area contributed by atoms with Crippen LogP contribution in [0.3, 0.4) is 0 Å². The number of hydrogen-bond donors (Lipinski definition) is 0. The lowest BCUT2D eigenvalue weighted by molar-refractivity contribution is -0.597. The van der Waals surface area contributed by atoms with Crippen molar-refractivity contribution in [1.29, 1.82) is 0 Å². The van der Waals surface area contributed by atoms with Crippen LogP contribution in [0.1, 0.15) is 5.69 Å². The number of anilines is 1. The third kappa shape index (κ3) is 2.49. The number of carbonyl (C=O) groups is 1. The highest BCUT2D eigenvalue weighted by Gasteiger charge is 2.40. The maximum absolute atomic E-state index is 14.0. The highest BCUT2D eigenvalue weighted by Crippen LogP contribution is 2.38. The summed E-state index contributed by atoms with van der Waals surface area (Å²) in [6.07, 6.45) is 0. The molecule has 2 aromatic rings. The van der Waals surface area contributed by atoms with Crippen LogP contribution in [0.25, 0.3) is 5.69 Å². The molecule has 3 nitrogen and oxygen atoms in total. The molecule has 0 saturated carbocycles. The largest absolute Gasteiger partial charge is 1.00 e. The molecule has 112 valence electrons. The van der Waals surface area contributed by atoms with Crippen molar-refractivity contribution in [3.63, 3.8) is 0 Å². The first-order valence-electron chi connectivity index (χ1n) is 5.26. The van der Waals surface area contributed by atoms with Gasteiger partial charge in [0.2, 0.25) is 11.4 Å². The van der Waals surface area contributed by atoms with Gasteiger partial charge in [0.15, 0.2) is 21.7 Å². The maximum Gasteiger partial charge on any atom is 0.340 e. The minimum Gasteiger partial charge on any atom is -1.00 e. The molecule has 1 aliphatic heterocycles. The molecule has 0 saturated heterocycles. The van der Waals surface area contributed by atoms with Crippen LogP contribution in [-0.2, 0) is 6.54 Å². The summed E-state index contributed by atoms with van der Waals surface area (Å²) >= 11 is 18.6. The van der Waals surface area contributed by atoms with Crippen molar-refractivity contribution in [2.75, 3.05) is 4.90 Å². The summed E-state index contributed by atoms with van der Waals surface area (Å²) in [4.78, 5) is 12.4. The summed E-state index contributed by atoms with van der Waals surface area (Å²) < 4.78 is 29.5. The first-order chi connectivity index (χ1) is 9.41. The molecular weight excluding hydrogens is 388 g/mol. The van der Waals surface area contributed by atoms with E-state index >= 15 is 0 Å². The predicted molar refractivity (Wildman–Crippen MR) is 73.2 cm³/mol. The van der Waals surface area contributed by atoms with E-state index in [4.69, 9.17) is 34.8 Å². The molecule has 0 bridgehead atoms. The lowest BCUT2D eigenvalue weighted by atomic mass is 10.1. The van der Waals surface area contributed by atoms with E-state index in [-0.39, 0.29) is 34.8 Å². The Morgan fingerprint density at radius 2 is 2.00 bits per heavy atom. The number of fused-ring (bicyclic) bond motifs is 3. The van der Waals surface area contributed by atoms with Gasteiger partial charge in [0, 0.05) is 17.7 Å². The lowest BCUT2D eigenvalue weighted by Gasteiger charge is -2.23. The van der Waals surface area contributed by atoms with E-state index in [0.29, 0.717) is 10.0 Å². The van der Waals surface area contributed by atoms with Crippen molar-refractivity contribution >= 4 is 57.2 Å². The molecule has 1 aromatic heterocycles. The monoisotopic (exact) mass is 390 g/mol. The van der Waals surface area contributed by atoms with Crippen LogP contribution in [0.4, 0.5) is 19.3 Å². The molecule has 10 heteroatoms. The Labute approximate surface area is 143 Å². The Morgan fingerprint density at radius 1 is 1.33 bits per heavy atom. The summed E-state index contributed by atoms with van der Waals surface area (Å²) in [5, 5.41) is -0.930. The van der Waals surface area contributed by atoms with Gasteiger partial charge in [0.05, 0.1) is 0 Å². The third-order valence-electron chi connectivity index (χ3n) is 2.93. The van der Waals surface area contributed by atoms with Crippen LogP contribution >= 0.6 is 46.1 Å². The number of hydrogen-bond acceptors (Lipinski definition) is 2. The van der Waals surface area contributed by atoms with Gasteiger partial charge in [-0.3, -0.25) is 9.69 Å². The van der Waals surface area contributed by atoms with Gasteiger partial charge in [0.1, 0.15) is 6.54 Å². The Morgan fingerprint density at radius 3 is 2.62 bits per heavy atom. The lowest BCUT2D eigenvalue weighted by Crippen LogP contribution is -3.00. The van der Waals surface area contributed by atoms with Crippen LogP contribution in [0.5, 0.6) is 0 Å². The molecule has 0 N–H and O–H groups in total. The predicted octanol–water partition coefficient (Wildman–Crippen LogP) is 1.29. The molecule has 1 aliphatic rings. The first kappa shape index (κ1) is 16.7. The number of halogens is 6. The van der Waals surface area contributed by atoms with Crippen molar-refractivity contribution in [2.24, 2.45) is 0 Å². The van der Waals surface area contributed by atoms with Gasteiger partial charge >= 0.3 is 9.83 Å². The molecule has 0 aliphatic carbocycles. The molecule has 1 aromatic carbocycles. The summed E-state index contributed by atoms with van der Waals surface area (Å²) in [7, 11) is 0. The van der Waals surface area contributed by atoms with Gasteiger partial charge in [-0.1, -0.05) is 11.6 Å². The Bertz CT molecular complexity index is 752. The molecule has 3 rings (SSSR count). The molecule has 0 unspecified atom stereocenters.